The SMILES string of the molecule is O=C1Nc2ccc(Br)cc2/C1=C\c1ccc2c(/C=C/c3ccncc3)n[nH]c2c1. The quantitative estimate of drug-likeness (QED) is 0.418. The summed E-state index contributed by atoms with van der Waals surface area (Å²) in [4.78, 5) is 16.4. The van der Waals surface area contributed by atoms with E-state index in [0.29, 0.717) is 5.57 Å². The molecule has 0 radical (unpaired) electrons. The summed E-state index contributed by atoms with van der Waals surface area (Å²) in [5, 5.41) is 11.4. The number of amides is 1. The third-order valence-electron chi connectivity index (χ3n) is 4.83. The third kappa shape index (κ3) is 3.39. The summed E-state index contributed by atoms with van der Waals surface area (Å²) < 4.78 is 0.938. The van der Waals surface area contributed by atoms with Gasteiger partial charge in [0.1, 0.15) is 0 Å². The van der Waals surface area contributed by atoms with Gasteiger partial charge in [0.25, 0.3) is 5.91 Å². The molecule has 2 aromatic carbocycles. The van der Waals surface area contributed by atoms with Crippen molar-refractivity contribution in [3.8, 4) is 0 Å². The van der Waals surface area contributed by atoms with Gasteiger partial charge in [-0.1, -0.05) is 28.1 Å². The number of H-pyrrole nitrogens is 1. The number of hydrogen-bond donors (Lipinski definition) is 2. The van der Waals surface area contributed by atoms with E-state index in [2.05, 4.69) is 36.4 Å². The molecule has 0 atom stereocenters. The first-order chi connectivity index (χ1) is 14.2. The molecule has 0 fully saturated rings. The van der Waals surface area contributed by atoms with Gasteiger partial charge in [-0.3, -0.25) is 14.9 Å². The van der Waals surface area contributed by atoms with E-state index < -0.39 is 0 Å². The Morgan fingerprint density at radius 1 is 0.931 bits per heavy atom. The predicted molar refractivity (Wildman–Crippen MR) is 120 cm³/mol. The molecule has 1 aliphatic rings. The molecule has 5 rings (SSSR count). The summed E-state index contributed by atoms with van der Waals surface area (Å²) >= 11 is 3.48. The number of carbonyl (C=O) groups excluding carboxylic acids is 1. The summed E-state index contributed by atoms with van der Waals surface area (Å²) in [6, 6.07) is 15.7. The second-order valence-electron chi connectivity index (χ2n) is 6.73. The molecule has 0 bridgehead atoms. The molecule has 5 nitrogen and oxygen atoms in total. The average molecular weight is 443 g/mol. The van der Waals surface area contributed by atoms with Crippen LogP contribution >= 0.6 is 15.9 Å². The number of anilines is 1. The van der Waals surface area contributed by atoms with Crippen LogP contribution in [-0.4, -0.2) is 21.1 Å². The zero-order valence-electron chi connectivity index (χ0n) is 15.2. The lowest BCUT2D eigenvalue weighted by atomic mass is 10.0. The van der Waals surface area contributed by atoms with Crippen molar-refractivity contribution in [3.63, 3.8) is 0 Å². The zero-order valence-corrected chi connectivity index (χ0v) is 16.8. The van der Waals surface area contributed by atoms with E-state index in [9.17, 15) is 4.79 Å². The van der Waals surface area contributed by atoms with E-state index in [1.54, 1.807) is 12.4 Å². The lowest BCUT2D eigenvalue weighted by Crippen LogP contribution is -2.03. The van der Waals surface area contributed by atoms with E-state index in [1.165, 1.54) is 0 Å². The highest BCUT2D eigenvalue weighted by Crippen LogP contribution is 2.35. The first kappa shape index (κ1) is 17.6. The molecule has 2 aromatic heterocycles. The van der Waals surface area contributed by atoms with Gasteiger partial charge in [-0.15, -0.1) is 0 Å². The van der Waals surface area contributed by atoms with Gasteiger partial charge in [0, 0.05) is 39.1 Å². The molecular formula is C23H15BrN4O. The number of aromatic amines is 1. The number of benzene rings is 2. The summed E-state index contributed by atoms with van der Waals surface area (Å²) in [5.74, 6) is -0.0937. The third-order valence-corrected chi connectivity index (χ3v) is 5.33. The van der Waals surface area contributed by atoms with Crippen LogP contribution in [0.15, 0.2) is 65.4 Å². The maximum absolute atomic E-state index is 12.4. The zero-order chi connectivity index (χ0) is 19.8. The van der Waals surface area contributed by atoms with Crippen molar-refractivity contribution >= 4 is 62.2 Å². The molecule has 1 amide bonds. The molecule has 0 saturated carbocycles. The van der Waals surface area contributed by atoms with Crippen molar-refractivity contribution in [1.29, 1.82) is 0 Å². The molecule has 3 heterocycles. The maximum Gasteiger partial charge on any atom is 0.256 e. The van der Waals surface area contributed by atoms with Gasteiger partial charge >= 0.3 is 0 Å². The van der Waals surface area contributed by atoms with Gasteiger partial charge in [0.2, 0.25) is 0 Å². The van der Waals surface area contributed by atoms with Crippen LogP contribution in [0.2, 0.25) is 0 Å². The van der Waals surface area contributed by atoms with Gasteiger partial charge in [-0.05, 0) is 65.7 Å². The minimum absolute atomic E-state index is 0.0937. The van der Waals surface area contributed by atoms with Crippen LogP contribution in [0.4, 0.5) is 5.69 Å². The molecule has 6 heteroatoms. The Labute approximate surface area is 175 Å². The molecule has 0 spiro atoms. The summed E-state index contributed by atoms with van der Waals surface area (Å²) in [6.07, 6.45) is 9.41. The van der Waals surface area contributed by atoms with E-state index in [4.69, 9.17) is 0 Å². The number of aromatic nitrogens is 3. The molecule has 4 aromatic rings. The first-order valence-electron chi connectivity index (χ1n) is 9.06. The number of carbonyl (C=O) groups is 1. The van der Waals surface area contributed by atoms with Crippen molar-refractivity contribution in [2.24, 2.45) is 0 Å². The van der Waals surface area contributed by atoms with E-state index >= 15 is 0 Å². The van der Waals surface area contributed by atoms with Crippen LogP contribution in [-0.2, 0) is 4.79 Å². The molecule has 0 unspecified atom stereocenters. The maximum atomic E-state index is 12.4. The minimum atomic E-state index is -0.0937. The van der Waals surface area contributed by atoms with Gasteiger partial charge in [0.15, 0.2) is 0 Å². The van der Waals surface area contributed by atoms with Crippen molar-refractivity contribution in [3.05, 3.63) is 87.8 Å². The number of fused-ring (bicyclic) bond motifs is 2. The number of pyridine rings is 1. The molecule has 140 valence electrons. The van der Waals surface area contributed by atoms with E-state index in [-0.39, 0.29) is 5.91 Å². The number of nitrogens with zero attached hydrogens (tertiary/aromatic N) is 2. The lowest BCUT2D eigenvalue weighted by Gasteiger charge is -2.00. The normalized spacial score (nSPS) is 14.7. The molecule has 0 aliphatic carbocycles. The fraction of sp³-hybridized carbons (Fsp3) is 0. The van der Waals surface area contributed by atoms with Crippen molar-refractivity contribution in [2.45, 2.75) is 0 Å². The summed E-state index contributed by atoms with van der Waals surface area (Å²) in [7, 11) is 0. The van der Waals surface area contributed by atoms with E-state index in [1.807, 2.05) is 66.8 Å². The Morgan fingerprint density at radius 2 is 1.79 bits per heavy atom. The van der Waals surface area contributed by atoms with Crippen LogP contribution in [0.5, 0.6) is 0 Å². The first-order valence-corrected chi connectivity index (χ1v) is 9.86. The fourth-order valence-corrected chi connectivity index (χ4v) is 3.76. The number of hydrogen-bond acceptors (Lipinski definition) is 3. The van der Waals surface area contributed by atoms with Crippen LogP contribution in [0, 0.1) is 0 Å². The highest BCUT2D eigenvalue weighted by atomic mass is 79.9. The topological polar surface area (TPSA) is 70.7 Å². The summed E-state index contributed by atoms with van der Waals surface area (Å²) in [5.41, 5.74) is 6.16. The number of halogens is 1. The minimum Gasteiger partial charge on any atom is -0.321 e. The van der Waals surface area contributed by atoms with Crippen LogP contribution in [0.1, 0.15) is 22.4 Å². The van der Waals surface area contributed by atoms with Crippen LogP contribution in [0.3, 0.4) is 0 Å². The van der Waals surface area contributed by atoms with Gasteiger partial charge < -0.3 is 5.32 Å². The van der Waals surface area contributed by atoms with E-state index in [0.717, 1.165) is 43.4 Å². The standard InChI is InChI=1S/C23H15BrN4O/c24-16-3-6-20-18(13-16)19(23(29)26-20)11-15-1-4-17-21(27-28-22(17)12-15)5-2-14-7-9-25-10-8-14/h1-13H,(H,26,29)(H,27,28)/b5-2+,19-11+. The lowest BCUT2D eigenvalue weighted by molar-refractivity contribution is -0.110. The summed E-state index contributed by atoms with van der Waals surface area (Å²) in [6.45, 7) is 0. The number of rotatable bonds is 3. The Balaban J connectivity index is 1.49. The molecular weight excluding hydrogens is 428 g/mol. The largest absolute Gasteiger partial charge is 0.321 e. The highest BCUT2D eigenvalue weighted by Gasteiger charge is 2.24. The molecule has 0 saturated heterocycles. The van der Waals surface area contributed by atoms with Crippen LogP contribution in [0.25, 0.3) is 34.7 Å². The van der Waals surface area contributed by atoms with Crippen molar-refractivity contribution in [1.82, 2.24) is 15.2 Å². The molecule has 29 heavy (non-hydrogen) atoms. The Kier molecular flexibility index (Phi) is 4.33. The van der Waals surface area contributed by atoms with Gasteiger partial charge in [-0.25, -0.2) is 0 Å². The monoisotopic (exact) mass is 442 g/mol. The Bertz CT molecular complexity index is 1310. The fourth-order valence-electron chi connectivity index (χ4n) is 3.40. The average Bonchev–Trinajstić information content (AvgIpc) is 3.28. The highest BCUT2D eigenvalue weighted by molar-refractivity contribution is 9.10. The molecule has 2 N–H and O–H groups in total. The van der Waals surface area contributed by atoms with Crippen molar-refractivity contribution < 1.29 is 4.79 Å². The second-order valence-corrected chi connectivity index (χ2v) is 7.65. The smallest absolute Gasteiger partial charge is 0.256 e. The molecule has 1 aliphatic heterocycles. The Hall–Kier alpha value is -3.51. The van der Waals surface area contributed by atoms with Crippen molar-refractivity contribution in [2.75, 3.05) is 5.32 Å². The van der Waals surface area contributed by atoms with Gasteiger partial charge in [0.05, 0.1) is 11.2 Å². The van der Waals surface area contributed by atoms with Gasteiger partial charge in [-0.2, -0.15) is 5.10 Å². The predicted octanol–water partition coefficient (Wildman–Crippen LogP) is 5.38. The second kappa shape index (κ2) is 7.14. The number of nitrogens with one attached hydrogen (secondary N) is 2. The Morgan fingerprint density at radius 3 is 2.66 bits per heavy atom. The van der Waals surface area contributed by atoms with Crippen LogP contribution < -0.4 is 5.32 Å².